The summed E-state index contributed by atoms with van der Waals surface area (Å²) in [5.41, 5.74) is 0.950. The average Bonchev–Trinajstić information content (AvgIpc) is 2.16. The van der Waals surface area contributed by atoms with Crippen LogP contribution in [0.1, 0.15) is 5.56 Å². The number of nitriles is 1. The number of hydrogen-bond donors (Lipinski definition) is 1. The van der Waals surface area contributed by atoms with Crippen molar-refractivity contribution in [2.24, 2.45) is 0 Å². The summed E-state index contributed by atoms with van der Waals surface area (Å²) >= 11 is 3.33. The van der Waals surface area contributed by atoms with Crippen LogP contribution in [0.3, 0.4) is 0 Å². The molecule has 1 rings (SSSR count). The van der Waals surface area contributed by atoms with Crippen LogP contribution in [0.4, 0.5) is 0 Å². The van der Waals surface area contributed by atoms with Gasteiger partial charge in [-0.25, -0.2) is 0 Å². The molecule has 0 aliphatic heterocycles. The number of benzene rings is 1. The Morgan fingerprint density at radius 3 is 2.85 bits per heavy atom. The van der Waals surface area contributed by atoms with Crippen molar-refractivity contribution in [2.75, 3.05) is 0 Å². The van der Waals surface area contributed by atoms with Gasteiger partial charge in [-0.15, -0.1) is 0 Å². The Bertz CT molecular complexity index is 357. The van der Waals surface area contributed by atoms with Crippen LogP contribution in [-0.2, 0) is 11.3 Å². The maximum Gasteiger partial charge on any atom is 0.322 e. The second kappa shape index (κ2) is 4.63. The summed E-state index contributed by atoms with van der Waals surface area (Å²) < 4.78 is 0.924. The average molecular weight is 239 g/mol. The molecule has 0 aliphatic carbocycles. The van der Waals surface area contributed by atoms with E-state index >= 15 is 0 Å². The Morgan fingerprint density at radius 1 is 1.54 bits per heavy atom. The van der Waals surface area contributed by atoms with Gasteiger partial charge < -0.3 is 5.32 Å². The molecule has 66 valence electrons. The van der Waals surface area contributed by atoms with Crippen LogP contribution < -0.4 is 5.32 Å². The molecule has 0 saturated heterocycles. The third-order valence-corrected chi connectivity index (χ3v) is 2.27. The van der Waals surface area contributed by atoms with Crippen molar-refractivity contribution >= 4 is 21.8 Å². The van der Waals surface area contributed by atoms with Crippen molar-refractivity contribution in [3.8, 4) is 6.07 Å². The lowest BCUT2D eigenvalue weighted by atomic mass is 10.2. The molecule has 0 atom stereocenters. The van der Waals surface area contributed by atoms with Gasteiger partial charge in [0.1, 0.15) is 0 Å². The first-order valence-electron chi connectivity index (χ1n) is 3.65. The lowest BCUT2D eigenvalue weighted by Gasteiger charge is -2.02. The summed E-state index contributed by atoms with van der Waals surface area (Å²) in [7, 11) is 0. The van der Waals surface area contributed by atoms with Gasteiger partial charge in [0.2, 0.25) is 0 Å². The summed E-state index contributed by atoms with van der Waals surface area (Å²) in [5, 5.41) is 10.7. The fourth-order valence-electron chi connectivity index (χ4n) is 0.857. The molecule has 0 heterocycles. The first-order valence-corrected chi connectivity index (χ1v) is 4.44. The molecule has 0 saturated carbocycles. The standard InChI is InChI=1S/C9H7BrN2O/c10-8-4-2-1-3-7(8)6-12-9(13)5-11/h1-4H,6H2,(H,12,13). The van der Waals surface area contributed by atoms with Crippen molar-refractivity contribution in [1.29, 1.82) is 5.26 Å². The number of nitrogens with zero attached hydrogens (tertiary/aromatic N) is 1. The number of carbonyl (C=O) groups is 1. The molecule has 0 aromatic heterocycles. The van der Waals surface area contributed by atoms with Gasteiger partial charge in [-0.1, -0.05) is 34.1 Å². The molecule has 0 spiro atoms. The van der Waals surface area contributed by atoms with Crippen LogP contribution in [-0.4, -0.2) is 5.91 Å². The summed E-state index contributed by atoms with van der Waals surface area (Å²) in [6, 6.07) is 9.01. The van der Waals surface area contributed by atoms with Crippen molar-refractivity contribution < 1.29 is 4.79 Å². The fourth-order valence-corrected chi connectivity index (χ4v) is 1.28. The molecule has 13 heavy (non-hydrogen) atoms. The molecular weight excluding hydrogens is 232 g/mol. The van der Waals surface area contributed by atoms with Crippen LogP contribution >= 0.6 is 15.9 Å². The van der Waals surface area contributed by atoms with Gasteiger partial charge in [0.05, 0.1) is 0 Å². The predicted molar refractivity (Wildman–Crippen MR) is 51.6 cm³/mol. The SMILES string of the molecule is N#CC(=O)NCc1ccccc1Br. The van der Waals surface area contributed by atoms with E-state index in [0.717, 1.165) is 10.0 Å². The van der Waals surface area contributed by atoms with E-state index in [1.165, 1.54) is 6.07 Å². The van der Waals surface area contributed by atoms with Gasteiger partial charge in [-0.05, 0) is 11.6 Å². The van der Waals surface area contributed by atoms with E-state index in [9.17, 15) is 4.79 Å². The molecule has 0 aliphatic rings. The minimum absolute atomic E-state index is 0.369. The van der Waals surface area contributed by atoms with Crippen LogP contribution in [0.15, 0.2) is 28.7 Å². The molecule has 1 aromatic carbocycles. The molecule has 1 N–H and O–H groups in total. The number of rotatable bonds is 2. The van der Waals surface area contributed by atoms with E-state index in [1.54, 1.807) is 0 Å². The quantitative estimate of drug-likeness (QED) is 0.796. The Morgan fingerprint density at radius 2 is 2.23 bits per heavy atom. The largest absolute Gasteiger partial charge is 0.339 e. The minimum Gasteiger partial charge on any atom is -0.339 e. The van der Waals surface area contributed by atoms with E-state index in [4.69, 9.17) is 5.26 Å². The molecule has 0 radical (unpaired) electrons. The Hall–Kier alpha value is -1.34. The molecule has 3 nitrogen and oxygen atoms in total. The van der Waals surface area contributed by atoms with Crippen LogP contribution in [0.5, 0.6) is 0 Å². The smallest absolute Gasteiger partial charge is 0.322 e. The molecule has 1 aromatic rings. The summed E-state index contributed by atoms with van der Waals surface area (Å²) in [6.45, 7) is 0.369. The molecule has 0 bridgehead atoms. The number of halogens is 1. The van der Waals surface area contributed by atoms with Crippen molar-refractivity contribution in [1.82, 2.24) is 5.32 Å². The van der Waals surface area contributed by atoms with Crippen LogP contribution in [0.25, 0.3) is 0 Å². The second-order valence-electron chi connectivity index (χ2n) is 2.39. The third kappa shape index (κ3) is 2.88. The molecule has 0 unspecified atom stereocenters. The van der Waals surface area contributed by atoms with Gasteiger partial charge in [0.25, 0.3) is 0 Å². The summed E-state index contributed by atoms with van der Waals surface area (Å²) in [6.07, 6.45) is 0. The highest BCUT2D eigenvalue weighted by Crippen LogP contribution is 2.14. The molecule has 0 fully saturated rings. The fraction of sp³-hybridized carbons (Fsp3) is 0.111. The van der Waals surface area contributed by atoms with E-state index in [-0.39, 0.29) is 0 Å². The van der Waals surface area contributed by atoms with E-state index in [0.29, 0.717) is 6.54 Å². The molecule has 1 amide bonds. The maximum atomic E-state index is 10.6. The van der Waals surface area contributed by atoms with Gasteiger partial charge in [0.15, 0.2) is 6.07 Å². The predicted octanol–water partition coefficient (Wildman–Crippen LogP) is 1.59. The van der Waals surface area contributed by atoms with E-state index < -0.39 is 5.91 Å². The van der Waals surface area contributed by atoms with Gasteiger partial charge in [0, 0.05) is 11.0 Å². The highest BCUT2D eigenvalue weighted by atomic mass is 79.9. The topological polar surface area (TPSA) is 52.9 Å². The molecular formula is C9H7BrN2O. The van der Waals surface area contributed by atoms with Crippen LogP contribution in [0.2, 0.25) is 0 Å². The first-order chi connectivity index (χ1) is 6.24. The zero-order chi connectivity index (χ0) is 9.68. The summed E-state index contributed by atoms with van der Waals surface area (Å²) in [4.78, 5) is 10.6. The molecule has 4 heteroatoms. The lowest BCUT2D eigenvalue weighted by molar-refractivity contribution is -0.116. The minimum atomic E-state index is -0.615. The highest BCUT2D eigenvalue weighted by Gasteiger charge is 2.00. The van der Waals surface area contributed by atoms with Gasteiger partial charge >= 0.3 is 5.91 Å². The maximum absolute atomic E-state index is 10.6. The Kier molecular flexibility index (Phi) is 3.47. The van der Waals surface area contributed by atoms with Gasteiger partial charge in [-0.3, -0.25) is 4.79 Å². The number of amides is 1. The van der Waals surface area contributed by atoms with Crippen molar-refractivity contribution in [3.05, 3.63) is 34.3 Å². The van der Waals surface area contributed by atoms with Crippen LogP contribution in [0, 0.1) is 11.3 Å². The van der Waals surface area contributed by atoms with Crippen molar-refractivity contribution in [3.63, 3.8) is 0 Å². The highest BCUT2D eigenvalue weighted by molar-refractivity contribution is 9.10. The monoisotopic (exact) mass is 238 g/mol. The van der Waals surface area contributed by atoms with Gasteiger partial charge in [-0.2, -0.15) is 5.26 Å². The first kappa shape index (κ1) is 9.75. The Labute approximate surface area is 84.5 Å². The number of carbonyl (C=O) groups excluding carboxylic acids is 1. The zero-order valence-corrected chi connectivity index (χ0v) is 8.34. The Balaban J connectivity index is 2.61. The number of nitrogens with one attached hydrogen (secondary N) is 1. The van der Waals surface area contributed by atoms with E-state index in [2.05, 4.69) is 21.2 Å². The third-order valence-electron chi connectivity index (χ3n) is 1.50. The van der Waals surface area contributed by atoms with E-state index in [1.807, 2.05) is 24.3 Å². The summed E-state index contributed by atoms with van der Waals surface area (Å²) in [5.74, 6) is -0.615. The second-order valence-corrected chi connectivity index (χ2v) is 3.24. The normalized spacial score (nSPS) is 8.92. The van der Waals surface area contributed by atoms with Crippen molar-refractivity contribution in [2.45, 2.75) is 6.54 Å². The lowest BCUT2D eigenvalue weighted by Crippen LogP contribution is -2.20. The number of hydrogen-bond acceptors (Lipinski definition) is 2. The zero-order valence-electron chi connectivity index (χ0n) is 6.75.